The van der Waals surface area contributed by atoms with Gasteiger partial charge in [-0.05, 0) is 17.8 Å². The van der Waals surface area contributed by atoms with Gasteiger partial charge in [0.05, 0.1) is 12.1 Å². The third-order valence-corrected chi connectivity index (χ3v) is 5.96. The van der Waals surface area contributed by atoms with Crippen molar-refractivity contribution in [2.75, 3.05) is 13.1 Å². The molecule has 0 aliphatic carbocycles. The SMILES string of the molecule is CC(C)(C)C1CCN(S(=O)(=O)c2[nH]ncc2CCl)C1. The van der Waals surface area contributed by atoms with Crippen LogP contribution in [0.25, 0.3) is 0 Å². The van der Waals surface area contributed by atoms with Crippen LogP contribution in [-0.2, 0) is 15.9 Å². The second-order valence-corrected chi connectivity index (χ2v) is 8.21. The molecule has 1 saturated heterocycles. The van der Waals surface area contributed by atoms with Gasteiger partial charge in [0, 0.05) is 18.7 Å². The molecule has 2 rings (SSSR count). The van der Waals surface area contributed by atoms with Crippen LogP contribution in [0.3, 0.4) is 0 Å². The first-order valence-electron chi connectivity index (χ1n) is 6.35. The monoisotopic (exact) mass is 305 g/mol. The Bertz CT molecular complexity index is 548. The summed E-state index contributed by atoms with van der Waals surface area (Å²) in [7, 11) is -3.50. The molecule has 19 heavy (non-hydrogen) atoms. The highest BCUT2D eigenvalue weighted by molar-refractivity contribution is 7.89. The number of nitrogens with zero attached hydrogens (tertiary/aromatic N) is 2. The van der Waals surface area contributed by atoms with Crippen molar-refractivity contribution in [1.29, 1.82) is 0 Å². The van der Waals surface area contributed by atoms with Gasteiger partial charge in [0.1, 0.15) is 0 Å². The summed E-state index contributed by atoms with van der Waals surface area (Å²) in [6, 6.07) is 0. The maximum Gasteiger partial charge on any atom is 0.260 e. The highest BCUT2D eigenvalue weighted by Gasteiger charge is 2.38. The lowest BCUT2D eigenvalue weighted by Crippen LogP contribution is -2.32. The molecule has 2 heterocycles. The van der Waals surface area contributed by atoms with Crippen molar-refractivity contribution in [2.45, 2.75) is 38.1 Å². The maximum atomic E-state index is 12.5. The van der Waals surface area contributed by atoms with Gasteiger partial charge in [-0.2, -0.15) is 9.40 Å². The Morgan fingerprint density at radius 1 is 1.53 bits per heavy atom. The van der Waals surface area contributed by atoms with Crippen molar-refractivity contribution in [1.82, 2.24) is 14.5 Å². The van der Waals surface area contributed by atoms with Crippen LogP contribution in [0, 0.1) is 11.3 Å². The molecule has 1 aliphatic heterocycles. The zero-order chi connectivity index (χ0) is 14.3. The highest BCUT2D eigenvalue weighted by Crippen LogP contribution is 2.35. The topological polar surface area (TPSA) is 66.1 Å². The quantitative estimate of drug-likeness (QED) is 0.871. The molecule has 5 nitrogen and oxygen atoms in total. The van der Waals surface area contributed by atoms with E-state index in [2.05, 4.69) is 31.0 Å². The molecule has 1 unspecified atom stereocenters. The third-order valence-electron chi connectivity index (χ3n) is 3.80. The molecule has 1 aliphatic rings. The molecule has 0 spiro atoms. The minimum absolute atomic E-state index is 0.119. The van der Waals surface area contributed by atoms with E-state index in [-0.39, 0.29) is 16.3 Å². The van der Waals surface area contributed by atoms with E-state index in [9.17, 15) is 8.42 Å². The number of aromatic nitrogens is 2. The minimum Gasteiger partial charge on any atom is -0.266 e. The van der Waals surface area contributed by atoms with E-state index in [1.165, 1.54) is 10.5 Å². The summed E-state index contributed by atoms with van der Waals surface area (Å²) >= 11 is 5.74. The molecule has 0 amide bonds. The number of hydrogen-bond donors (Lipinski definition) is 1. The second-order valence-electron chi connectivity index (χ2n) is 6.07. The van der Waals surface area contributed by atoms with E-state index in [0.29, 0.717) is 24.6 Å². The number of H-pyrrole nitrogens is 1. The lowest BCUT2D eigenvalue weighted by atomic mass is 9.80. The predicted molar refractivity (Wildman–Crippen MR) is 74.5 cm³/mol. The van der Waals surface area contributed by atoms with Gasteiger partial charge < -0.3 is 0 Å². The average Bonchev–Trinajstić information content (AvgIpc) is 2.97. The first-order valence-corrected chi connectivity index (χ1v) is 8.32. The number of rotatable bonds is 3. The van der Waals surface area contributed by atoms with Crippen LogP contribution in [0.1, 0.15) is 32.8 Å². The first-order chi connectivity index (χ1) is 8.76. The van der Waals surface area contributed by atoms with Gasteiger partial charge in [-0.25, -0.2) is 8.42 Å². The summed E-state index contributed by atoms with van der Waals surface area (Å²) in [6.07, 6.45) is 2.37. The maximum absolute atomic E-state index is 12.5. The van der Waals surface area contributed by atoms with Crippen LogP contribution >= 0.6 is 11.6 Å². The summed E-state index contributed by atoms with van der Waals surface area (Å²) in [6.45, 7) is 7.56. The van der Waals surface area contributed by atoms with Crippen molar-refractivity contribution in [3.05, 3.63) is 11.8 Å². The second kappa shape index (κ2) is 5.07. The Kier molecular flexibility index (Phi) is 3.95. The minimum atomic E-state index is -3.50. The lowest BCUT2D eigenvalue weighted by Gasteiger charge is -2.26. The van der Waals surface area contributed by atoms with Crippen molar-refractivity contribution < 1.29 is 8.42 Å². The molecule has 0 bridgehead atoms. The molecule has 108 valence electrons. The van der Waals surface area contributed by atoms with Gasteiger partial charge >= 0.3 is 0 Å². The van der Waals surface area contributed by atoms with Gasteiger partial charge in [-0.15, -0.1) is 11.6 Å². The van der Waals surface area contributed by atoms with Gasteiger partial charge in [0.15, 0.2) is 5.03 Å². The fourth-order valence-corrected chi connectivity index (χ4v) is 4.29. The molecule has 1 fully saturated rings. The van der Waals surface area contributed by atoms with Crippen LogP contribution in [0.15, 0.2) is 11.2 Å². The smallest absolute Gasteiger partial charge is 0.260 e. The standard InChI is InChI=1S/C12H20ClN3O2S/c1-12(2,3)10-4-5-16(8-10)19(17,18)11-9(6-13)7-14-15-11/h7,10H,4-6,8H2,1-3H3,(H,14,15). The summed E-state index contributed by atoms with van der Waals surface area (Å²) in [5.41, 5.74) is 0.647. The normalized spacial score (nSPS) is 22.0. The van der Waals surface area contributed by atoms with E-state index in [0.717, 1.165) is 6.42 Å². The zero-order valence-corrected chi connectivity index (χ0v) is 13.1. The molecular formula is C12H20ClN3O2S. The molecule has 0 radical (unpaired) electrons. The largest absolute Gasteiger partial charge is 0.266 e. The number of nitrogens with one attached hydrogen (secondary N) is 1. The van der Waals surface area contributed by atoms with Gasteiger partial charge in [-0.1, -0.05) is 20.8 Å². The number of aromatic amines is 1. The Balaban J connectivity index is 2.23. The van der Waals surface area contributed by atoms with E-state index >= 15 is 0 Å². The molecular weight excluding hydrogens is 286 g/mol. The molecule has 1 atom stereocenters. The van der Waals surface area contributed by atoms with Crippen LogP contribution < -0.4 is 0 Å². The fraction of sp³-hybridized carbons (Fsp3) is 0.750. The van der Waals surface area contributed by atoms with Crippen LogP contribution in [0.2, 0.25) is 0 Å². The third kappa shape index (κ3) is 2.80. The summed E-state index contributed by atoms with van der Waals surface area (Å²) < 4.78 is 26.6. The fourth-order valence-electron chi connectivity index (χ4n) is 2.40. The van der Waals surface area contributed by atoms with Crippen molar-refractivity contribution in [3.8, 4) is 0 Å². The Morgan fingerprint density at radius 2 is 2.21 bits per heavy atom. The number of halogens is 1. The van der Waals surface area contributed by atoms with E-state index in [1.807, 2.05) is 0 Å². The van der Waals surface area contributed by atoms with Gasteiger partial charge in [0.2, 0.25) is 0 Å². The first kappa shape index (κ1) is 14.8. The number of sulfonamides is 1. The predicted octanol–water partition coefficient (Wildman–Crippen LogP) is 2.21. The van der Waals surface area contributed by atoms with Crippen LogP contribution in [0.4, 0.5) is 0 Å². The number of alkyl halides is 1. The van der Waals surface area contributed by atoms with Crippen molar-refractivity contribution in [3.63, 3.8) is 0 Å². The highest BCUT2D eigenvalue weighted by atomic mass is 35.5. The molecule has 1 aromatic rings. The zero-order valence-electron chi connectivity index (χ0n) is 11.5. The lowest BCUT2D eigenvalue weighted by molar-refractivity contribution is 0.252. The Labute approximate surface area is 119 Å². The Morgan fingerprint density at radius 3 is 2.74 bits per heavy atom. The summed E-state index contributed by atoms with van der Waals surface area (Å²) in [5, 5.41) is 6.48. The summed E-state index contributed by atoms with van der Waals surface area (Å²) in [5.74, 6) is 0.520. The molecule has 1 aromatic heterocycles. The molecule has 0 saturated carbocycles. The van der Waals surface area contributed by atoms with Gasteiger partial charge in [0.25, 0.3) is 10.0 Å². The van der Waals surface area contributed by atoms with Crippen molar-refractivity contribution in [2.24, 2.45) is 11.3 Å². The van der Waals surface area contributed by atoms with E-state index in [1.54, 1.807) is 0 Å². The molecule has 0 aromatic carbocycles. The molecule has 7 heteroatoms. The van der Waals surface area contributed by atoms with E-state index < -0.39 is 10.0 Å². The van der Waals surface area contributed by atoms with Crippen molar-refractivity contribution >= 4 is 21.6 Å². The van der Waals surface area contributed by atoms with Crippen LogP contribution in [-0.4, -0.2) is 36.0 Å². The Hall–Kier alpha value is -0.590. The number of hydrogen-bond acceptors (Lipinski definition) is 3. The van der Waals surface area contributed by atoms with E-state index in [4.69, 9.17) is 11.6 Å². The summed E-state index contributed by atoms with van der Waals surface area (Å²) in [4.78, 5) is 0. The molecule has 1 N–H and O–H groups in total. The van der Waals surface area contributed by atoms with Gasteiger partial charge in [-0.3, -0.25) is 5.10 Å². The average molecular weight is 306 g/mol. The van der Waals surface area contributed by atoms with Crippen LogP contribution in [0.5, 0.6) is 0 Å².